The lowest BCUT2D eigenvalue weighted by molar-refractivity contribution is 0.360. The van der Waals surface area contributed by atoms with Crippen LogP contribution in [-0.2, 0) is 0 Å². The molecule has 0 aromatic carbocycles. The van der Waals surface area contributed by atoms with Crippen LogP contribution >= 0.6 is 22.6 Å². The summed E-state index contributed by atoms with van der Waals surface area (Å²) >= 11 is 2.19. The van der Waals surface area contributed by atoms with E-state index < -0.39 is 0 Å². The number of nitrogens with two attached hydrogens (primary N) is 1. The minimum Gasteiger partial charge on any atom is -0.337 e. The Balaban J connectivity index is 2.08. The van der Waals surface area contributed by atoms with Gasteiger partial charge in [-0.3, -0.25) is 0 Å². The van der Waals surface area contributed by atoms with Crippen molar-refractivity contribution < 1.29 is 0 Å². The molecule has 0 saturated carbocycles. The van der Waals surface area contributed by atoms with Gasteiger partial charge in [-0.25, -0.2) is 9.97 Å². The Morgan fingerprint density at radius 1 is 1.46 bits per heavy atom. The molecule has 0 aliphatic carbocycles. The second-order valence-electron chi connectivity index (χ2n) is 3.71. The van der Waals surface area contributed by atoms with E-state index in [9.17, 15) is 0 Å². The lowest BCUT2D eigenvalue weighted by Gasteiger charge is -2.45. The van der Waals surface area contributed by atoms with E-state index in [1.165, 1.54) is 0 Å². The van der Waals surface area contributed by atoms with Crippen molar-refractivity contribution in [1.82, 2.24) is 9.97 Å². The van der Waals surface area contributed by atoms with Crippen molar-refractivity contribution in [2.45, 2.75) is 12.5 Å². The molecule has 1 aromatic heterocycles. The van der Waals surface area contributed by atoms with Gasteiger partial charge in [0.1, 0.15) is 0 Å². The van der Waals surface area contributed by atoms with E-state index in [0.717, 1.165) is 22.6 Å². The third kappa shape index (κ3) is 1.91. The van der Waals surface area contributed by atoms with E-state index in [-0.39, 0.29) is 5.54 Å². The summed E-state index contributed by atoms with van der Waals surface area (Å²) in [5.74, 6) is 0.781. The molecule has 1 saturated heterocycles. The molecule has 0 bridgehead atoms. The molecule has 70 valence electrons. The lowest BCUT2D eigenvalue weighted by atomic mass is 9.94. The normalized spacial score (nSPS) is 19.8. The van der Waals surface area contributed by atoms with Crippen molar-refractivity contribution in [3.05, 3.63) is 16.0 Å². The van der Waals surface area contributed by atoms with Gasteiger partial charge in [-0.05, 0) is 29.5 Å². The summed E-state index contributed by atoms with van der Waals surface area (Å²) in [5, 5.41) is 0. The van der Waals surface area contributed by atoms with Gasteiger partial charge in [-0.15, -0.1) is 0 Å². The average molecular weight is 290 g/mol. The summed E-state index contributed by atoms with van der Waals surface area (Å²) < 4.78 is 1.05. The van der Waals surface area contributed by atoms with Crippen LogP contribution in [0.15, 0.2) is 12.4 Å². The van der Waals surface area contributed by atoms with Crippen LogP contribution in [0.4, 0.5) is 5.95 Å². The Morgan fingerprint density at radius 3 is 2.46 bits per heavy atom. The third-order valence-electron chi connectivity index (χ3n) is 1.99. The highest BCUT2D eigenvalue weighted by atomic mass is 127. The molecule has 13 heavy (non-hydrogen) atoms. The van der Waals surface area contributed by atoms with E-state index >= 15 is 0 Å². The number of hydrogen-bond donors (Lipinski definition) is 1. The predicted molar refractivity (Wildman–Crippen MR) is 59.6 cm³/mol. The first-order valence-electron chi connectivity index (χ1n) is 4.08. The molecular weight excluding hydrogens is 279 g/mol. The van der Waals surface area contributed by atoms with Gasteiger partial charge in [0.2, 0.25) is 5.95 Å². The maximum atomic E-state index is 5.88. The Hall–Kier alpha value is -0.430. The van der Waals surface area contributed by atoms with Crippen LogP contribution in [0.5, 0.6) is 0 Å². The molecule has 0 unspecified atom stereocenters. The van der Waals surface area contributed by atoms with Gasteiger partial charge < -0.3 is 10.6 Å². The second kappa shape index (κ2) is 3.06. The lowest BCUT2D eigenvalue weighted by Crippen LogP contribution is -2.66. The van der Waals surface area contributed by atoms with Crippen LogP contribution in [0, 0.1) is 3.57 Å². The minimum absolute atomic E-state index is 0.0631. The van der Waals surface area contributed by atoms with Crippen molar-refractivity contribution in [3.8, 4) is 0 Å². The SMILES string of the molecule is CC1(N)CN(c2ncc(I)cn2)C1. The number of rotatable bonds is 1. The molecule has 0 atom stereocenters. The topological polar surface area (TPSA) is 55.0 Å². The van der Waals surface area contributed by atoms with Gasteiger partial charge in [0.15, 0.2) is 0 Å². The predicted octanol–water partition coefficient (Wildman–Crippen LogP) is 0.619. The average Bonchev–Trinajstić information content (AvgIpc) is 2.01. The highest BCUT2D eigenvalue weighted by Crippen LogP contribution is 2.21. The van der Waals surface area contributed by atoms with E-state index in [1.807, 2.05) is 19.3 Å². The van der Waals surface area contributed by atoms with Gasteiger partial charge in [0, 0.05) is 34.6 Å². The smallest absolute Gasteiger partial charge is 0.225 e. The minimum atomic E-state index is -0.0631. The number of anilines is 1. The molecule has 0 amide bonds. The maximum Gasteiger partial charge on any atom is 0.225 e. The largest absolute Gasteiger partial charge is 0.337 e. The second-order valence-corrected chi connectivity index (χ2v) is 4.96. The Kier molecular flexibility index (Phi) is 2.15. The molecular formula is C8H11IN4. The number of nitrogens with zero attached hydrogens (tertiary/aromatic N) is 3. The van der Waals surface area contributed by atoms with Crippen LogP contribution in [-0.4, -0.2) is 28.6 Å². The maximum absolute atomic E-state index is 5.88. The van der Waals surface area contributed by atoms with E-state index in [0.29, 0.717) is 0 Å². The van der Waals surface area contributed by atoms with Gasteiger partial charge in [-0.1, -0.05) is 0 Å². The van der Waals surface area contributed by atoms with Gasteiger partial charge in [0.25, 0.3) is 0 Å². The Bertz CT molecular complexity index is 300. The molecule has 5 heteroatoms. The quantitative estimate of drug-likeness (QED) is 0.770. The van der Waals surface area contributed by atoms with Crippen LogP contribution < -0.4 is 10.6 Å². The van der Waals surface area contributed by atoms with E-state index in [2.05, 4.69) is 37.5 Å². The van der Waals surface area contributed by atoms with Crippen LogP contribution in [0.1, 0.15) is 6.92 Å². The van der Waals surface area contributed by atoms with Crippen molar-refractivity contribution in [2.75, 3.05) is 18.0 Å². The summed E-state index contributed by atoms with van der Waals surface area (Å²) in [6.45, 7) is 3.72. The Morgan fingerprint density at radius 2 is 2.00 bits per heavy atom. The summed E-state index contributed by atoms with van der Waals surface area (Å²) in [5.41, 5.74) is 5.82. The zero-order valence-corrected chi connectivity index (χ0v) is 9.52. The molecule has 2 rings (SSSR count). The monoisotopic (exact) mass is 290 g/mol. The van der Waals surface area contributed by atoms with E-state index in [4.69, 9.17) is 5.73 Å². The Labute approximate surface area is 90.7 Å². The van der Waals surface area contributed by atoms with Crippen molar-refractivity contribution in [3.63, 3.8) is 0 Å². The molecule has 1 aliphatic heterocycles. The number of halogens is 1. The van der Waals surface area contributed by atoms with Crippen molar-refractivity contribution in [2.24, 2.45) is 5.73 Å². The fourth-order valence-electron chi connectivity index (χ4n) is 1.44. The molecule has 2 heterocycles. The van der Waals surface area contributed by atoms with Crippen molar-refractivity contribution >= 4 is 28.5 Å². The number of aromatic nitrogens is 2. The molecule has 1 fully saturated rings. The highest BCUT2D eigenvalue weighted by molar-refractivity contribution is 14.1. The molecule has 2 N–H and O–H groups in total. The third-order valence-corrected chi connectivity index (χ3v) is 2.55. The number of hydrogen-bond acceptors (Lipinski definition) is 4. The fraction of sp³-hybridized carbons (Fsp3) is 0.500. The van der Waals surface area contributed by atoms with Crippen molar-refractivity contribution in [1.29, 1.82) is 0 Å². The molecule has 0 spiro atoms. The van der Waals surface area contributed by atoms with Gasteiger partial charge in [-0.2, -0.15) is 0 Å². The molecule has 4 nitrogen and oxygen atoms in total. The molecule has 1 aromatic rings. The first-order chi connectivity index (χ1) is 6.07. The van der Waals surface area contributed by atoms with E-state index in [1.54, 1.807) is 0 Å². The van der Waals surface area contributed by atoms with Crippen LogP contribution in [0.25, 0.3) is 0 Å². The zero-order chi connectivity index (χ0) is 9.47. The zero-order valence-electron chi connectivity index (χ0n) is 7.37. The molecule has 1 aliphatic rings. The first kappa shape index (κ1) is 9.14. The van der Waals surface area contributed by atoms with Crippen LogP contribution in [0.2, 0.25) is 0 Å². The standard InChI is InChI=1S/C8H11IN4/c1-8(10)4-13(5-8)7-11-2-6(9)3-12-7/h2-3H,4-5,10H2,1H3. The summed E-state index contributed by atoms with van der Waals surface area (Å²) in [6.07, 6.45) is 3.63. The molecule has 0 radical (unpaired) electrons. The first-order valence-corrected chi connectivity index (χ1v) is 5.16. The summed E-state index contributed by atoms with van der Waals surface area (Å²) in [4.78, 5) is 10.5. The fourth-order valence-corrected chi connectivity index (χ4v) is 1.71. The summed E-state index contributed by atoms with van der Waals surface area (Å²) in [7, 11) is 0. The van der Waals surface area contributed by atoms with Gasteiger partial charge >= 0.3 is 0 Å². The summed E-state index contributed by atoms with van der Waals surface area (Å²) in [6, 6.07) is 0. The highest BCUT2D eigenvalue weighted by Gasteiger charge is 2.36. The van der Waals surface area contributed by atoms with Crippen LogP contribution in [0.3, 0.4) is 0 Å². The van der Waals surface area contributed by atoms with Gasteiger partial charge in [0.05, 0.1) is 0 Å².